The Bertz CT molecular complexity index is 751. The molecule has 2 aromatic rings. The second-order valence-electron chi connectivity index (χ2n) is 6.68. The summed E-state index contributed by atoms with van der Waals surface area (Å²) in [7, 11) is 0. The number of nitrogens with zero attached hydrogens (tertiary/aromatic N) is 3. The average molecular weight is 366 g/mol. The van der Waals surface area contributed by atoms with Crippen LogP contribution < -0.4 is 5.32 Å². The van der Waals surface area contributed by atoms with Gasteiger partial charge < -0.3 is 15.1 Å². The van der Waals surface area contributed by atoms with Crippen LogP contribution in [-0.2, 0) is 11.3 Å². The van der Waals surface area contributed by atoms with Crippen molar-refractivity contribution in [2.45, 2.75) is 32.4 Å². The Labute approximate surface area is 160 Å². The molecule has 1 N–H and O–H groups in total. The van der Waals surface area contributed by atoms with Crippen molar-refractivity contribution in [1.29, 1.82) is 0 Å². The molecular formula is C21H26N4O2. The van der Waals surface area contributed by atoms with Crippen LogP contribution >= 0.6 is 0 Å². The maximum atomic E-state index is 12.6. The fourth-order valence-electron chi connectivity index (χ4n) is 3.49. The van der Waals surface area contributed by atoms with Gasteiger partial charge in [-0.05, 0) is 43.0 Å². The largest absolute Gasteiger partial charge is 0.337 e. The lowest BCUT2D eigenvalue weighted by atomic mass is 10.1. The van der Waals surface area contributed by atoms with E-state index in [2.05, 4.69) is 10.3 Å². The zero-order chi connectivity index (χ0) is 19.1. The van der Waals surface area contributed by atoms with E-state index >= 15 is 0 Å². The monoisotopic (exact) mass is 366 g/mol. The lowest BCUT2D eigenvalue weighted by Crippen LogP contribution is -2.45. The van der Waals surface area contributed by atoms with E-state index in [1.165, 1.54) is 0 Å². The minimum absolute atomic E-state index is 0.0130. The number of aromatic nitrogens is 1. The Kier molecular flexibility index (Phi) is 6.41. The summed E-state index contributed by atoms with van der Waals surface area (Å²) in [6, 6.07) is 13.6. The van der Waals surface area contributed by atoms with Crippen molar-refractivity contribution < 1.29 is 9.59 Å². The molecule has 1 saturated heterocycles. The Morgan fingerprint density at radius 2 is 1.93 bits per heavy atom. The van der Waals surface area contributed by atoms with Gasteiger partial charge in [0.05, 0.1) is 12.6 Å². The van der Waals surface area contributed by atoms with E-state index < -0.39 is 0 Å². The smallest absolute Gasteiger partial charge is 0.318 e. The quantitative estimate of drug-likeness (QED) is 0.855. The van der Waals surface area contributed by atoms with Gasteiger partial charge in [0.1, 0.15) is 0 Å². The van der Waals surface area contributed by atoms with Crippen LogP contribution in [0.25, 0.3) is 0 Å². The third-order valence-corrected chi connectivity index (χ3v) is 4.95. The number of hydrogen-bond acceptors (Lipinski definition) is 3. The van der Waals surface area contributed by atoms with E-state index in [9.17, 15) is 9.59 Å². The van der Waals surface area contributed by atoms with Gasteiger partial charge in [0, 0.05) is 32.0 Å². The fourth-order valence-corrected chi connectivity index (χ4v) is 3.49. The van der Waals surface area contributed by atoms with Gasteiger partial charge in [-0.15, -0.1) is 0 Å². The maximum Gasteiger partial charge on any atom is 0.318 e. The molecule has 27 heavy (non-hydrogen) atoms. The van der Waals surface area contributed by atoms with Crippen molar-refractivity contribution in [2.24, 2.45) is 0 Å². The molecule has 3 rings (SSSR count). The number of benzene rings is 1. The number of likely N-dealkylation sites (N-methyl/N-ethyl adjacent to an activating group) is 1. The number of likely N-dealkylation sites (tertiary alicyclic amines) is 1. The maximum absolute atomic E-state index is 12.6. The van der Waals surface area contributed by atoms with Crippen molar-refractivity contribution in [3.63, 3.8) is 0 Å². The minimum Gasteiger partial charge on any atom is -0.337 e. The normalized spacial score (nSPS) is 16.2. The molecule has 1 aromatic carbocycles. The van der Waals surface area contributed by atoms with Crippen molar-refractivity contribution in [3.05, 3.63) is 66.0 Å². The standard InChI is InChI=1S/C21H26N4O2/c1-2-24(16-17-7-4-3-5-8-17)20(26)15-23-21(27)25-14-6-9-19(25)18-10-12-22-13-11-18/h3-5,7-8,10-13,19H,2,6,9,14-16H2,1H3,(H,23,27). The van der Waals surface area contributed by atoms with E-state index in [-0.39, 0.29) is 24.5 Å². The first kappa shape index (κ1) is 18.9. The van der Waals surface area contributed by atoms with Crippen LogP contribution in [-0.4, -0.2) is 46.4 Å². The molecule has 6 heteroatoms. The minimum atomic E-state index is -0.182. The van der Waals surface area contributed by atoms with Crippen molar-refractivity contribution in [1.82, 2.24) is 20.1 Å². The molecule has 1 aliphatic heterocycles. The van der Waals surface area contributed by atoms with Crippen LogP contribution in [0.3, 0.4) is 0 Å². The molecule has 2 heterocycles. The van der Waals surface area contributed by atoms with E-state index in [0.29, 0.717) is 19.6 Å². The van der Waals surface area contributed by atoms with E-state index in [1.807, 2.05) is 54.3 Å². The van der Waals surface area contributed by atoms with Crippen molar-refractivity contribution in [2.75, 3.05) is 19.6 Å². The number of carbonyl (C=O) groups excluding carboxylic acids is 2. The molecule has 1 fully saturated rings. The van der Waals surface area contributed by atoms with Gasteiger partial charge in [0.15, 0.2) is 0 Å². The first-order valence-corrected chi connectivity index (χ1v) is 9.45. The summed E-state index contributed by atoms with van der Waals surface area (Å²) in [5, 5.41) is 2.80. The summed E-state index contributed by atoms with van der Waals surface area (Å²) in [6.45, 7) is 3.82. The number of amides is 3. The molecule has 1 unspecified atom stereocenters. The molecule has 3 amide bonds. The number of rotatable bonds is 6. The highest BCUT2D eigenvalue weighted by atomic mass is 16.2. The van der Waals surface area contributed by atoms with Gasteiger partial charge in [-0.2, -0.15) is 0 Å². The number of carbonyl (C=O) groups is 2. The fraction of sp³-hybridized carbons (Fsp3) is 0.381. The van der Waals surface area contributed by atoms with Crippen LogP contribution in [0, 0.1) is 0 Å². The molecule has 0 bridgehead atoms. The molecular weight excluding hydrogens is 340 g/mol. The van der Waals surface area contributed by atoms with E-state index in [1.54, 1.807) is 17.3 Å². The summed E-state index contributed by atoms with van der Waals surface area (Å²) in [4.78, 5) is 32.8. The Morgan fingerprint density at radius 1 is 1.19 bits per heavy atom. The number of pyridine rings is 1. The first-order chi connectivity index (χ1) is 13.2. The summed E-state index contributed by atoms with van der Waals surface area (Å²) in [5.74, 6) is -0.0747. The van der Waals surface area contributed by atoms with E-state index in [4.69, 9.17) is 0 Å². The third kappa shape index (κ3) is 4.84. The molecule has 6 nitrogen and oxygen atoms in total. The topological polar surface area (TPSA) is 65.5 Å². The van der Waals surface area contributed by atoms with Crippen LogP contribution in [0.1, 0.15) is 36.9 Å². The second kappa shape index (κ2) is 9.16. The molecule has 0 aliphatic carbocycles. The Balaban J connectivity index is 1.55. The van der Waals surface area contributed by atoms with Crippen LogP contribution in [0.2, 0.25) is 0 Å². The van der Waals surface area contributed by atoms with Crippen LogP contribution in [0.4, 0.5) is 4.79 Å². The molecule has 0 spiro atoms. The van der Waals surface area contributed by atoms with Gasteiger partial charge >= 0.3 is 6.03 Å². The predicted octanol–water partition coefficient (Wildman–Crippen LogP) is 2.98. The average Bonchev–Trinajstić information content (AvgIpc) is 3.21. The van der Waals surface area contributed by atoms with Crippen LogP contribution in [0.5, 0.6) is 0 Å². The third-order valence-electron chi connectivity index (χ3n) is 4.95. The molecule has 1 aliphatic rings. The highest BCUT2D eigenvalue weighted by Gasteiger charge is 2.30. The number of nitrogens with one attached hydrogen (secondary N) is 1. The van der Waals surface area contributed by atoms with Crippen molar-refractivity contribution >= 4 is 11.9 Å². The lowest BCUT2D eigenvalue weighted by molar-refractivity contribution is -0.130. The second-order valence-corrected chi connectivity index (χ2v) is 6.68. The highest BCUT2D eigenvalue weighted by Crippen LogP contribution is 2.31. The van der Waals surface area contributed by atoms with Gasteiger partial charge in [-0.3, -0.25) is 9.78 Å². The molecule has 0 radical (unpaired) electrons. The van der Waals surface area contributed by atoms with Gasteiger partial charge in [-0.1, -0.05) is 30.3 Å². The number of urea groups is 1. The van der Waals surface area contributed by atoms with Gasteiger partial charge in [-0.25, -0.2) is 4.79 Å². The predicted molar refractivity (Wildman–Crippen MR) is 104 cm³/mol. The zero-order valence-corrected chi connectivity index (χ0v) is 15.7. The Hall–Kier alpha value is -2.89. The van der Waals surface area contributed by atoms with E-state index in [0.717, 1.165) is 24.0 Å². The van der Waals surface area contributed by atoms with Crippen LogP contribution in [0.15, 0.2) is 54.9 Å². The first-order valence-electron chi connectivity index (χ1n) is 9.45. The zero-order valence-electron chi connectivity index (χ0n) is 15.7. The lowest BCUT2D eigenvalue weighted by Gasteiger charge is -2.26. The molecule has 0 saturated carbocycles. The molecule has 142 valence electrons. The van der Waals surface area contributed by atoms with Gasteiger partial charge in [0.25, 0.3) is 0 Å². The van der Waals surface area contributed by atoms with Gasteiger partial charge in [0.2, 0.25) is 5.91 Å². The number of hydrogen-bond donors (Lipinski definition) is 1. The SMILES string of the molecule is CCN(Cc1ccccc1)C(=O)CNC(=O)N1CCCC1c1ccncc1. The van der Waals surface area contributed by atoms with Crippen molar-refractivity contribution in [3.8, 4) is 0 Å². The summed E-state index contributed by atoms with van der Waals surface area (Å²) in [6.07, 6.45) is 5.38. The molecule has 1 aromatic heterocycles. The Morgan fingerprint density at radius 3 is 2.63 bits per heavy atom. The molecule has 1 atom stereocenters. The summed E-state index contributed by atoms with van der Waals surface area (Å²) < 4.78 is 0. The summed E-state index contributed by atoms with van der Waals surface area (Å²) >= 11 is 0. The summed E-state index contributed by atoms with van der Waals surface area (Å²) in [5.41, 5.74) is 2.17. The highest BCUT2D eigenvalue weighted by molar-refractivity contribution is 5.84.